The van der Waals surface area contributed by atoms with E-state index < -0.39 is 0 Å². The number of rotatable bonds is 1. The quantitative estimate of drug-likeness (QED) is 0.809. The first-order chi connectivity index (χ1) is 7.74. The predicted molar refractivity (Wildman–Crippen MR) is 61.6 cm³/mol. The lowest BCUT2D eigenvalue weighted by molar-refractivity contribution is 0.126. The van der Waals surface area contributed by atoms with Gasteiger partial charge in [-0.25, -0.2) is 0 Å². The summed E-state index contributed by atoms with van der Waals surface area (Å²) in [4.78, 5) is 2.30. The van der Waals surface area contributed by atoms with Crippen LogP contribution in [-0.4, -0.2) is 33.5 Å². The van der Waals surface area contributed by atoms with Gasteiger partial charge in [-0.05, 0) is 37.8 Å². The van der Waals surface area contributed by atoms with Gasteiger partial charge in [0.2, 0.25) is 0 Å². The number of fused-ring (bicyclic) bond motifs is 2. The third-order valence-corrected chi connectivity index (χ3v) is 3.79. The fourth-order valence-electron chi connectivity index (χ4n) is 2.97. The summed E-state index contributed by atoms with van der Waals surface area (Å²) < 4.78 is 0. The van der Waals surface area contributed by atoms with Crippen molar-refractivity contribution in [2.75, 3.05) is 4.90 Å². The number of aliphatic hydroxyl groups is 1. The molecular formula is C11H14ClN3O. The molecule has 5 heteroatoms. The number of piperidine rings is 1. The second-order valence-corrected chi connectivity index (χ2v) is 5.02. The second kappa shape index (κ2) is 3.86. The Bertz CT molecular complexity index is 369. The van der Waals surface area contributed by atoms with Crippen LogP contribution in [0.4, 0.5) is 5.82 Å². The van der Waals surface area contributed by atoms with Gasteiger partial charge in [0.15, 0.2) is 11.0 Å². The van der Waals surface area contributed by atoms with Crippen LogP contribution in [0.3, 0.4) is 0 Å². The molecule has 2 aliphatic rings. The van der Waals surface area contributed by atoms with Crippen molar-refractivity contribution in [2.45, 2.75) is 43.9 Å². The molecule has 0 aromatic carbocycles. The molecule has 0 spiro atoms. The molecule has 2 aliphatic heterocycles. The summed E-state index contributed by atoms with van der Waals surface area (Å²) in [5, 5.41) is 18.2. The molecule has 3 rings (SSSR count). The van der Waals surface area contributed by atoms with Crippen molar-refractivity contribution in [3.8, 4) is 0 Å². The van der Waals surface area contributed by atoms with Crippen LogP contribution < -0.4 is 4.90 Å². The standard InChI is InChI=1S/C11H14ClN3O/c12-10-3-4-11(14-13-10)15-7-1-2-8(15)6-9(16)5-7/h3-4,7-9,16H,1-2,5-6H2. The molecule has 2 fully saturated rings. The first kappa shape index (κ1) is 10.3. The van der Waals surface area contributed by atoms with Crippen LogP contribution in [0.1, 0.15) is 25.7 Å². The fraction of sp³-hybridized carbons (Fsp3) is 0.636. The van der Waals surface area contributed by atoms with Gasteiger partial charge in [-0.1, -0.05) is 11.6 Å². The van der Waals surface area contributed by atoms with Crippen LogP contribution in [-0.2, 0) is 0 Å². The van der Waals surface area contributed by atoms with Crippen molar-refractivity contribution in [3.05, 3.63) is 17.3 Å². The van der Waals surface area contributed by atoms with Crippen molar-refractivity contribution in [3.63, 3.8) is 0 Å². The molecular weight excluding hydrogens is 226 g/mol. The molecule has 1 N–H and O–H groups in total. The summed E-state index contributed by atoms with van der Waals surface area (Å²) in [6.07, 6.45) is 3.84. The van der Waals surface area contributed by atoms with E-state index in [1.54, 1.807) is 6.07 Å². The van der Waals surface area contributed by atoms with Gasteiger partial charge in [0.1, 0.15) is 0 Å². The molecule has 2 unspecified atom stereocenters. The van der Waals surface area contributed by atoms with Crippen LogP contribution in [0.2, 0.25) is 5.15 Å². The molecule has 0 aliphatic carbocycles. The number of hydrogen-bond acceptors (Lipinski definition) is 4. The highest BCUT2D eigenvalue weighted by molar-refractivity contribution is 6.29. The molecule has 0 saturated carbocycles. The largest absolute Gasteiger partial charge is 0.393 e. The molecule has 4 nitrogen and oxygen atoms in total. The average Bonchev–Trinajstić information content (AvgIpc) is 2.54. The van der Waals surface area contributed by atoms with E-state index in [4.69, 9.17) is 11.6 Å². The maximum Gasteiger partial charge on any atom is 0.151 e. The van der Waals surface area contributed by atoms with Gasteiger partial charge in [0.25, 0.3) is 0 Å². The molecule has 2 bridgehead atoms. The first-order valence-corrected chi connectivity index (χ1v) is 6.07. The highest BCUT2D eigenvalue weighted by atomic mass is 35.5. The Labute approximate surface area is 99.2 Å². The highest BCUT2D eigenvalue weighted by Gasteiger charge is 2.40. The summed E-state index contributed by atoms with van der Waals surface area (Å²) >= 11 is 5.73. The second-order valence-electron chi connectivity index (χ2n) is 4.63. The lowest BCUT2D eigenvalue weighted by atomic mass is 10.00. The number of hydrogen-bond donors (Lipinski definition) is 1. The first-order valence-electron chi connectivity index (χ1n) is 5.69. The number of nitrogens with zero attached hydrogens (tertiary/aromatic N) is 3. The molecule has 16 heavy (non-hydrogen) atoms. The van der Waals surface area contributed by atoms with Crippen LogP contribution in [0.15, 0.2) is 12.1 Å². The number of aromatic nitrogens is 2. The molecule has 3 heterocycles. The minimum Gasteiger partial charge on any atom is -0.393 e. The maximum atomic E-state index is 9.71. The molecule has 86 valence electrons. The lowest BCUT2D eigenvalue weighted by Gasteiger charge is -2.37. The summed E-state index contributed by atoms with van der Waals surface area (Å²) in [5.41, 5.74) is 0. The minimum atomic E-state index is -0.144. The van der Waals surface area contributed by atoms with Crippen molar-refractivity contribution in [1.29, 1.82) is 0 Å². The Balaban J connectivity index is 1.88. The molecule has 1 aromatic rings. The predicted octanol–water partition coefficient (Wildman–Crippen LogP) is 1.62. The third kappa shape index (κ3) is 1.66. The van der Waals surface area contributed by atoms with Gasteiger partial charge in [0, 0.05) is 12.1 Å². The van der Waals surface area contributed by atoms with E-state index in [1.165, 1.54) is 0 Å². The van der Waals surface area contributed by atoms with E-state index in [1.807, 2.05) is 6.07 Å². The Hall–Kier alpha value is -0.870. The molecule has 2 atom stereocenters. The average molecular weight is 240 g/mol. The normalized spacial score (nSPS) is 33.1. The Morgan fingerprint density at radius 2 is 1.88 bits per heavy atom. The van der Waals surface area contributed by atoms with Crippen molar-refractivity contribution >= 4 is 17.4 Å². The Morgan fingerprint density at radius 1 is 1.19 bits per heavy atom. The summed E-state index contributed by atoms with van der Waals surface area (Å²) in [6, 6.07) is 4.53. The van der Waals surface area contributed by atoms with Crippen molar-refractivity contribution in [2.24, 2.45) is 0 Å². The zero-order valence-corrected chi connectivity index (χ0v) is 9.64. The molecule has 0 amide bonds. The van der Waals surface area contributed by atoms with Gasteiger partial charge in [0.05, 0.1) is 6.10 Å². The monoisotopic (exact) mass is 239 g/mol. The van der Waals surface area contributed by atoms with E-state index in [0.29, 0.717) is 17.2 Å². The summed E-state index contributed by atoms with van der Waals surface area (Å²) in [5.74, 6) is 0.892. The van der Waals surface area contributed by atoms with E-state index in [9.17, 15) is 5.11 Å². The number of aliphatic hydroxyl groups excluding tert-OH is 1. The zero-order valence-electron chi connectivity index (χ0n) is 8.88. The van der Waals surface area contributed by atoms with E-state index in [-0.39, 0.29) is 6.10 Å². The molecule has 0 radical (unpaired) electrons. The molecule has 1 aromatic heterocycles. The molecule has 2 saturated heterocycles. The maximum absolute atomic E-state index is 9.71. The van der Waals surface area contributed by atoms with E-state index >= 15 is 0 Å². The third-order valence-electron chi connectivity index (χ3n) is 3.59. The van der Waals surface area contributed by atoms with Gasteiger partial charge in [-0.2, -0.15) is 0 Å². The van der Waals surface area contributed by atoms with E-state index in [2.05, 4.69) is 15.1 Å². The SMILES string of the molecule is OC1CC2CCC(C1)N2c1ccc(Cl)nn1. The van der Waals surface area contributed by atoms with Gasteiger partial charge in [-0.15, -0.1) is 10.2 Å². The summed E-state index contributed by atoms with van der Waals surface area (Å²) in [6.45, 7) is 0. The minimum absolute atomic E-state index is 0.144. The Kier molecular flexibility index (Phi) is 2.48. The van der Waals surface area contributed by atoms with Crippen LogP contribution in [0, 0.1) is 0 Å². The van der Waals surface area contributed by atoms with Crippen LogP contribution >= 0.6 is 11.6 Å². The fourth-order valence-corrected chi connectivity index (χ4v) is 3.07. The topological polar surface area (TPSA) is 49.2 Å². The van der Waals surface area contributed by atoms with Gasteiger partial charge >= 0.3 is 0 Å². The van der Waals surface area contributed by atoms with E-state index in [0.717, 1.165) is 31.5 Å². The summed E-state index contributed by atoms with van der Waals surface area (Å²) in [7, 11) is 0. The van der Waals surface area contributed by atoms with Crippen LogP contribution in [0.25, 0.3) is 0 Å². The van der Waals surface area contributed by atoms with Gasteiger partial charge in [-0.3, -0.25) is 0 Å². The van der Waals surface area contributed by atoms with Gasteiger partial charge < -0.3 is 10.0 Å². The highest BCUT2D eigenvalue weighted by Crippen LogP contribution is 2.38. The van der Waals surface area contributed by atoms with Crippen molar-refractivity contribution < 1.29 is 5.11 Å². The number of halogens is 1. The smallest absolute Gasteiger partial charge is 0.151 e. The van der Waals surface area contributed by atoms with Crippen LogP contribution in [0.5, 0.6) is 0 Å². The van der Waals surface area contributed by atoms with Crippen molar-refractivity contribution in [1.82, 2.24) is 10.2 Å². The number of anilines is 1. The Morgan fingerprint density at radius 3 is 2.44 bits per heavy atom. The lowest BCUT2D eigenvalue weighted by Crippen LogP contribution is -2.45. The zero-order chi connectivity index (χ0) is 11.1.